The average Bonchev–Trinajstić information content (AvgIpc) is 2.39. The highest BCUT2D eigenvalue weighted by atomic mass is 16.3. The monoisotopic (exact) mass is 200 g/mol. The van der Waals surface area contributed by atoms with Gasteiger partial charge in [0.25, 0.3) is 0 Å². The predicted octanol–water partition coefficient (Wildman–Crippen LogP) is 2.36. The first kappa shape index (κ1) is 8.62. The molecule has 2 heteroatoms. The minimum atomic E-state index is -0.837. The van der Waals surface area contributed by atoms with Crippen LogP contribution in [0, 0.1) is 0 Å². The van der Waals surface area contributed by atoms with Gasteiger partial charge in [0.05, 0.1) is 6.10 Å². The second kappa shape index (κ2) is 4.71. The third kappa shape index (κ3) is 2.64. The Morgan fingerprint density at radius 2 is 1.87 bits per heavy atom. The third-order valence-electron chi connectivity index (χ3n) is 2.16. The maximum atomic E-state index is 10.0. The molecule has 2 nitrogen and oxygen atoms in total. The van der Waals surface area contributed by atoms with E-state index >= 15 is 0 Å². The van der Waals surface area contributed by atoms with E-state index in [2.05, 4.69) is 4.98 Å². The van der Waals surface area contributed by atoms with Crippen molar-refractivity contribution in [1.82, 2.24) is 4.98 Å². The van der Waals surface area contributed by atoms with Crippen molar-refractivity contribution < 1.29 is 6.48 Å². The summed E-state index contributed by atoms with van der Waals surface area (Å²) in [4.78, 5) is 4.08. The first-order valence-corrected chi connectivity index (χ1v) is 4.85. The van der Waals surface area contributed by atoms with Crippen molar-refractivity contribution in [3.05, 3.63) is 66.0 Å². The number of hydrogen-bond donors (Lipinski definition) is 1. The van der Waals surface area contributed by atoms with Crippen molar-refractivity contribution in [2.24, 2.45) is 0 Å². The number of rotatable bonds is 3. The number of hydrogen-bond acceptors (Lipinski definition) is 2. The zero-order valence-electron chi connectivity index (χ0n) is 9.25. The van der Waals surface area contributed by atoms with Crippen molar-refractivity contribution in [3.8, 4) is 0 Å². The van der Waals surface area contributed by atoms with Gasteiger partial charge in [-0.3, -0.25) is 4.98 Å². The summed E-state index contributed by atoms with van der Waals surface area (Å²) in [6.07, 6.45) is 0.0499. The molecule has 76 valence electrons. The number of benzene rings is 1. The van der Waals surface area contributed by atoms with E-state index in [1.54, 1.807) is 18.3 Å². The van der Waals surface area contributed by atoms with E-state index in [1.807, 2.05) is 36.4 Å². The Morgan fingerprint density at radius 1 is 1.13 bits per heavy atom. The molecule has 2 aromatic rings. The second-order valence-corrected chi connectivity index (χ2v) is 3.28. The lowest BCUT2D eigenvalue weighted by molar-refractivity contribution is 0.177. The molecular weight excluding hydrogens is 186 g/mol. The van der Waals surface area contributed by atoms with Crippen molar-refractivity contribution >= 4 is 0 Å². The highest BCUT2D eigenvalue weighted by Crippen LogP contribution is 2.16. The fraction of sp³-hybridized carbons (Fsp3) is 0.154. The Hall–Kier alpha value is -1.67. The van der Waals surface area contributed by atoms with E-state index in [0.717, 1.165) is 5.56 Å². The summed E-state index contributed by atoms with van der Waals surface area (Å²) < 4.78 is 7.94. The quantitative estimate of drug-likeness (QED) is 0.825. The van der Waals surface area contributed by atoms with Crippen LogP contribution in [0.1, 0.15) is 18.7 Å². The van der Waals surface area contributed by atoms with E-state index < -0.39 is 12.5 Å². The molecule has 0 aliphatic rings. The summed E-state index contributed by atoms with van der Waals surface area (Å²) in [5, 5.41) is 10.0. The normalized spacial score (nSPS) is 15.4. The molecule has 1 aromatic heterocycles. The van der Waals surface area contributed by atoms with E-state index in [-0.39, 0.29) is 0 Å². The zero-order chi connectivity index (χ0) is 11.4. The maximum Gasteiger partial charge on any atom is 0.0845 e. The van der Waals surface area contributed by atoms with Gasteiger partial charge in [0.15, 0.2) is 0 Å². The molecule has 0 amide bonds. The van der Waals surface area contributed by atoms with Crippen LogP contribution in [-0.2, 0) is 6.40 Å². The Bertz CT molecular complexity index is 389. The van der Waals surface area contributed by atoms with Gasteiger partial charge in [0, 0.05) is 19.7 Å². The van der Waals surface area contributed by atoms with E-state index in [9.17, 15) is 5.11 Å². The number of nitrogens with zero attached hydrogens (tertiary/aromatic N) is 1. The Morgan fingerprint density at radius 3 is 2.53 bits per heavy atom. The van der Waals surface area contributed by atoms with Crippen LogP contribution in [0.25, 0.3) is 0 Å². The summed E-state index contributed by atoms with van der Waals surface area (Å²) in [5.74, 6) is 0. The minimum absolute atomic E-state index is 0.582. The smallest absolute Gasteiger partial charge is 0.0845 e. The van der Waals surface area contributed by atoms with E-state index in [0.29, 0.717) is 5.69 Å². The molecule has 1 N–H and O–H groups in total. The van der Waals surface area contributed by atoms with Gasteiger partial charge in [0.2, 0.25) is 0 Å². The number of aromatic nitrogens is 1. The van der Waals surface area contributed by atoms with Gasteiger partial charge in [0.1, 0.15) is 0 Å². The number of aliphatic hydroxyl groups excluding tert-OH is 1. The molecule has 1 aromatic carbocycles. The first-order valence-electron chi connectivity index (χ1n) is 5.43. The molecule has 2 rings (SSSR count). The lowest BCUT2D eigenvalue weighted by Gasteiger charge is -2.09. The minimum Gasteiger partial charge on any atom is -0.388 e. The van der Waals surface area contributed by atoms with Gasteiger partial charge < -0.3 is 5.11 Å². The van der Waals surface area contributed by atoms with Crippen LogP contribution < -0.4 is 0 Å². The van der Waals surface area contributed by atoms with Crippen LogP contribution in [0.3, 0.4) is 0 Å². The van der Waals surface area contributed by atoms with E-state index in [1.165, 1.54) is 0 Å². The highest BCUT2D eigenvalue weighted by Gasteiger charge is 2.07. The lowest BCUT2D eigenvalue weighted by Crippen LogP contribution is -2.02. The maximum absolute atomic E-state index is 10.0. The van der Waals surface area contributed by atoms with Gasteiger partial charge >= 0.3 is 0 Å². The summed E-state index contributed by atoms with van der Waals surface area (Å²) in [7, 11) is 0. The van der Waals surface area contributed by atoms with Crippen LogP contribution in [0.5, 0.6) is 0 Å². The second-order valence-electron chi connectivity index (χ2n) is 3.28. The fourth-order valence-corrected chi connectivity index (χ4v) is 1.38. The molecule has 0 spiro atoms. The summed E-state index contributed by atoms with van der Waals surface area (Å²) in [6, 6.07) is 14.6. The Labute approximate surface area is 90.6 Å². The molecule has 0 bridgehead atoms. The standard InChI is InChI=1S/C13H13NO/c15-13(11-6-2-1-3-7-11)10-12-8-4-5-9-14-12/h1-9,13,15H,10H2/t13-/m1/s1/i10D/t10-,13-. The van der Waals surface area contributed by atoms with Gasteiger partial charge in [-0.15, -0.1) is 0 Å². The predicted molar refractivity (Wildman–Crippen MR) is 59.3 cm³/mol. The largest absolute Gasteiger partial charge is 0.388 e. The lowest BCUT2D eigenvalue weighted by atomic mass is 10.0. The average molecular weight is 200 g/mol. The molecule has 0 aliphatic carbocycles. The molecule has 0 unspecified atom stereocenters. The van der Waals surface area contributed by atoms with Crippen LogP contribution in [0.15, 0.2) is 54.7 Å². The zero-order valence-corrected chi connectivity index (χ0v) is 8.25. The van der Waals surface area contributed by atoms with Gasteiger partial charge in [-0.1, -0.05) is 36.4 Å². The number of pyridine rings is 1. The van der Waals surface area contributed by atoms with Crippen LogP contribution in [0.2, 0.25) is 0 Å². The van der Waals surface area contributed by atoms with Crippen LogP contribution in [0.4, 0.5) is 0 Å². The van der Waals surface area contributed by atoms with Crippen LogP contribution in [-0.4, -0.2) is 10.1 Å². The fourth-order valence-electron chi connectivity index (χ4n) is 1.38. The first-order chi connectivity index (χ1) is 7.79. The molecule has 0 fully saturated rings. The molecule has 2 atom stereocenters. The van der Waals surface area contributed by atoms with Gasteiger partial charge in [-0.25, -0.2) is 0 Å². The summed E-state index contributed by atoms with van der Waals surface area (Å²) >= 11 is 0. The highest BCUT2D eigenvalue weighted by molar-refractivity contribution is 5.19. The molecule has 0 aliphatic heterocycles. The van der Waals surface area contributed by atoms with Crippen molar-refractivity contribution in [1.29, 1.82) is 0 Å². The third-order valence-corrected chi connectivity index (χ3v) is 2.16. The molecule has 1 heterocycles. The SMILES string of the molecule is [2H][C@H](c1ccccn1)[C@@H](O)c1ccccc1. The molecule has 0 radical (unpaired) electrons. The Kier molecular flexibility index (Phi) is 2.71. The Balaban J connectivity index is 2.20. The summed E-state index contributed by atoms with van der Waals surface area (Å²) in [5.41, 5.74) is 1.33. The molecule has 15 heavy (non-hydrogen) atoms. The molecule has 0 saturated heterocycles. The topological polar surface area (TPSA) is 33.1 Å². The van der Waals surface area contributed by atoms with Gasteiger partial charge in [-0.05, 0) is 17.7 Å². The van der Waals surface area contributed by atoms with Crippen LogP contribution >= 0.6 is 0 Å². The summed E-state index contributed by atoms with van der Waals surface area (Å²) in [6.45, 7) is 0. The van der Waals surface area contributed by atoms with Gasteiger partial charge in [-0.2, -0.15) is 0 Å². The van der Waals surface area contributed by atoms with Crippen molar-refractivity contribution in [2.75, 3.05) is 0 Å². The molecule has 0 saturated carbocycles. The van der Waals surface area contributed by atoms with E-state index in [4.69, 9.17) is 1.37 Å². The number of aliphatic hydroxyl groups is 1. The van der Waals surface area contributed by atoms with Crippen molar-refractivity contribution in [2.45, 2.75) is 12.5 Å². The molecular formula is C13H13NO. The van der Waals surface area contributed by atoms with Crippen molar-refractivity contribution in [3.63, 3.8) is 0 Å².